The highest BCUT2D eigenvalue weighted by molar-refractivity contribution is 5.90. The molecular weight excluding hydrogens is 294 g/mol. The SMILES string of the molecule is CC(OC(=O)c1ccn2cncc2c1)c1nc2ccccc2o1. The molecule has 6 heteroatoms. The van der Waals surface area contributed by atoms with E-state index >= 15 is 0 Å². The number of aromatic nitrogens is 3. The molecule has 0 saturated carbocycles. The molecule has 0 spiro atoms. The Morgan fingerprint density at radius 3 is 3.04 bits per heavy atom. The van der Waals surface area contributed by atoms with Crippen molar-refractivity contribution in [3.63, 3.8) is 0 Å². The lowest BCUT2D eigenvalue weighted by Crippen LogP contribution is -2.09. The summed E-state index contributed by atoms with van der Waals surface area (Å²) in [6.07, 6.45) is 4.55. The Balaban J connectivity index is 1.57. The average Bonchev–Trinajstić information content (AvgIpc) is 3.20. The Hall–Kier alpha value is -3.15. The predicted molar refractivity (Wildman–Crippen MR) is 83.0 cm³/mol. The molecule has 0 fully saturated rings. The summed E-state index contributed by atoms with van der Waals surface area (Å²) in [7, 11) is 0. The van der Waals surface area contributed by atoms with Crippen molar-refractivity contribution in [1.29, 1.82) is 0 Å². The molecule has 3 heterocycles. The maximum absolute atomic E-state index is 12.3. The largest absolute Gasteiger partial charge is 0.449 e. The maximum atomic E-state index is 12.3. The van der Waals surface area contributed by atoms with Crippen molar-refractivity contribution in [2.75, 3.05) is 0 Å². The van der Waals surface area contributed by atoms with Crippen LogP contribution in [0.15, 0.2) is 59.5 Å². The zero-order valence-corrected chi connectivity index (χ0v) is 12.3. The fourth-order valence-electron chi connectivity index (χ4n) is 2.39. The summed E-state index contributed by atoms with van der Waals surface area (Å²) in [5.41, 5.74) is 2.70. The summed E-state index contributed by atoms with van der Waals surface area (Å²) < 4.78 is 12.9. The van der Waals surface area contributed by atoms with Gasteiger partial charge in [0.1, 0.15) is 5.52 Å². The Kier molecular flexibility index (Phi) is 3.08. The van der Waals surface area contributed by atoms with Gasteiger partial charge >= 0.3 is 5.97 Å². The summed E-state index contributed by atoms with van der Waals surface area (Å²) in [4.78, 5) is 20.7. The van der Waals surface area contributed by atoms with E-state index in [9.17, 15) is 4.79 Å². The molecule has 0 N–H and O–H groups in total. The number of oxazole rings is 1. The number of rotatable bonds is 3. The van der Waals surface area contributed by atoms with Crippen LogP contribution in [-0.2, 0) is 4.74 Å². The van der Waals surface area contributed by atoms with Gasteiger partial charge in [0, 0.05) is 6.20 Å². The molecular formula is C17H13N3O3. The lowest BCUT2D eigenvalue weighted by Gasteiger charge is -2.09. The second-order valence-electron chi connectivity index (χ2n) is 5.21. The molecule has 114 valence electrons. The number of fused-ring (bicyclic) bond motifs is 2. The van der Waals surface area contributed by atoms with Gasteiger partial charge in [0.2, 0.25) is 5.89 Å². The number of esters is 1. The van der Waals surface area contributed by atoms with E-state index in [2.05, 4.69) is 9.97 Å². The van der Waals surface area contributed by atoms with E-state index in [1.165, 1.54) is 0 Å². The van der Waals surface area contributed by atoms with Gasteiger partial charge in [-0.05, 0) is 31.2 Å². The first-order valence-corrected chi connectivity index (χ1v) is 7.19. The highest BCUT2D eigenvalue weighted by atomic mass is 16.6. The minimum Gasteiger partial charge on any atom is -0.449 e. The zero-order chi connectivity index (χ0) is 15.8. The number of hydrogen-bond acceptors (Lipinski definition) is 5. The van der Waals surface area contributed by atoms with Crippen molar-refractivity contribution in [1.82, 2.24) is 14.4 Å². The van der Waals surface area contributed by atoms with Crippen molar-refractivity contribution in [3.05, 3.63) is 66.6 Å². The second kappa shape index (κ2) is 5.24. The predicted octanol–water partition coefficient (Wildman–Crippen LogP) is 3.39. The molecule has 0 saturated heterocycles. The van der Waals surface area contributed by atoms with E-state index in [0.29, 0.717) is 17.0 Å². The Labute approximate surface area is 131 Å². The summed E-state index contributed by atoms with van der Waals surface area (Å²) in [6, 6.07) is 10.9. The Morgan fingerprint density at radius 2 is 2.17 bits per heavy atom. The maximum Gasteiger partial charge on any atom is 0.339 e. The summed E-state index contributed by atoms with van der Waals surface area (Å²) in [6.45, 7) is 1.74. The number of imidazole rings is 1. The topological polar surface area (TPSA) is 69.6 Å². The van der Waals surface area contributed by atoms with Crippen molar-refractivity contribution >= 4 is 22.6 Å². The normalized spacial score (nSPS) is 12.6. The summed E-state index contributed by atoms with van der Waals surface area (Å²) in [5, 5.41) is 0. The van der Waals surface area contributed by atoms with Gasteiger partial charge in [-0.25, -0.2) is 14.8 Å². The molecule has 1 atom stereocenters. The third-order valence-corrected chi connectivity index (χ3v) is 3.59. The van der Waals surface area contributed by atoms with E-state index in [-0.39, 0.29) is 0 Å². The standard InChI is InChI=1S/C17H13N3O3/c1-11(16-19-14-4-2-3-5-15(14)23-16)22-17(21)12-6-7-20-10-18-9-13(20)8-12/h2-11H,1H3. The fraction of sp³-hybridized carbons (Fsp3) is 0.118. The Morgan fingerprint density at radius 1 is 1.30 bits per heavy atom. The van der Waals surface area contributed by atoms with E-state index in [1.54, 1.807) is 37.8 Å². The first-order valence-electron chi connectivity index (χ1n) is 7.19. The van der Waals surface area contributed by atoms with Crippen LogP contribution in [0.5, 0.6) is 0 Å². The van der Waals surface area contributed by atoms with Gasteiger partial charge in [0.05, 0.1) is 23.6 Å². The van der Waals surface area contributed by atoms with Crippen molar-refractivity contribution in [3.8, 4) is 0 Å². The monoisotopic (exact) mass is 307 g/mol. The zero-order valence-electron chi connectivity index (χ0n) is 12.3. The van der Waals surface area contributed by atoms with E-state index < -0.39 is 12.1 Å². The first kappa shape index (κ1) is 13.5. The number of carbonyl (C=O) groups is 1. The third-order valence-electron chi connectivity index (χ3n) is 3.59. The Bertz CT molecular complexity index is 969. The minimum absolute atomic E-state index is 0.380. The molecule has 1 aromatic carbocycles. The van der Waals surface area contributed by atoms with Crippen LogP contribution in [0.4, 0.5) is 0 Å². The highest BCUT2D eigenvalue weighted by Gasteiger charge is 2.19. The summed E-state index contributed by atoms with van der Waals surface area (Å²) >= 11 is 0. The fourth-order valence-corrected chi connectivity index (χ4v) is 2.39. The number of pyridine rings is 1. The van der Waals surface area contributed by atoms with Gasteiger partial charge in [-0.2, -0.15) is 0 Å². The molecule has 0 aliphatic heterocycles. The van der Waals surface area contributed by atoms with E-state index in [0.717, 1.165) is 11.0 Å². The number of benzene rings is 1. The van der Waals surface area contributed by atoms with Crippen LogP contribution in [-0.4, -0.2) is 20.3 Å². The second-order valence-corrected chi connectivity index (χ2v) is 5.21. The van der Waals surface area contributed by atoms with Crippen LogP contribution in [0.2, 0.25) is 0 Å². The van der Waals surface area contributed by atoms with Gasteiger partial charge in [0.25, 0.3) is 0 Å². The number of ether oxygens (including phenoxy) is 1. The average molecular weight is 307 g/mol. The van der Waals surface area contributed by atoms with Crippen molar-refractivity contribution < 1.29 is 13.9 Å². The van der Waals surface area contributed by atoms with Gasteiger partial charge in [-0.1, -0.05) is 12.1 Å². The van der Waals surface area contributed by atoms with Gasteiger partial charge in [-0.3, -0.25) is 0 Å². The van der Waals surface area contributed by atoms with Crippen LogP contribution < -0.4 is 0 Å². The number of nitrogens with zero attached hydrogens (tertiary/aromatic N) is 3. The number of para-hydroxylation sites is 2. The van der Waals surface area contributed by atoms with Crippen molar-refractivity contribution in [2.24, 2.45) is 0 Å². The molecule has 3 aromatic heterocycles. The molecule has 4 aromatic rings. The van der Waals surface area contributed by atoms with Crippen molar-refractivity contribution in [2.45, 2.75) is 13.0 Å². The number of hydrogen-bond donors (Lipinski definition) is 0. The van der Waals surface area contributed by atoms with Gasteiger partial charge in [0.15, 0.2) is 11.7 Å². The molecule has 0 amide bonds. The minimum atomic E-state index is -0.573. The molecule has 1 unspecified atom stereocenters. The molecule has 0 radical (unpaired) electrons. The summed E-state index contributed by atoms with van der Waals surface area (Å²) in [5.74, 6) is -0.0477. The van der Waals surface area contributed by atoms with E-state index in [4.69, 9.17) is 9.15 Å². The first-order chi connectivity index (χ1) is 11.2. The lowest BCUT2D eigenvalue weighted by atomic mass is 10.2. The quantitative estimate of drug-likeness (QED) is 0.543. The molecule has 6 nitrogen and oxygen atoms in total. The lowest BCUT2D eigenvalue weighted by molar-refractivity contribution is 0.0282. The highest BCUT2D eigenvalue weighted by Crippen LogP contribution is 2.23. The molecule has 0 aliphatic rings. The number of carbonyl (C=O) groups excluding carboxylic acids is 1. The van der Waals surface area contributed by atoms with Crippen LogP contribution >= 0.6 is 0 Å². The van der Waals surface area contributed by atoms with Crippen LogP contribution in [0.25, 0.3) is 16.6 Å². The molecule has 0 bridgehead atoms. The van der Waals surface area contributed by atoms with Crippen LogP contribution in [0, 0.1) is 0 Å². The molecule has 0 aliphatic carbocycles. The van der Waals surface area contributed by atoms with Gasteiger partial charge in [-0.15, -0.1) is 0 Å². The van der Waals surface area contributed by atoms with Crippen LogP contribution in [0.1, 0.15) is 29.3 Å². The van der Waals surface area contributed by atoms with E-state index in [1.807, 2.05) is 28.7 Å². The molecule has 23 heavy (non-hydrogen) atoms. The van der Waals surface area contributed by atoms with Crippen LogP contribution in [0.3, 0.4) is 0 Å². The molecule has 4 rings (SSSR count). The van der Waals surface area contributed by atoms with Gasteiger partial charge < -0.3 is 13.6 Å². The smallest absolute Gasteiger partial charge is 0.339 e. The third kappa shape index (κ3) is 2.44.